The van der Waals surface area contributed by atoms with Gasteiger partial charge in [0, 0.05) is 18.4 Å². The molecular formula is C23H24N4O2. The molecule has 2 aromatic carbocycles. The number of amides is 2. The third-order valence-corrected chi connectivity index (χ3v) is 5.21. The van der Waals surface area contributed by atoms with Gasteiger partial charge in [-0.05, 0) is 48.7 Å². The van der Waals surface area contributed by atoms with E-state index >= 15 is 0 Å². The summed E-state index contributed by atoms with van der Waals surface area (Å²) in [6.07, 6.45) is 8.18. The van der Waals surface area contributed by atoms with Crippen LogP contribution in [-0.2, 0) is 11.2 Å². The molecular weight excluding hydrogens is 364 g/mol. The minimum Gasteiger partial charge on any atom is -0.349 e. The first-order valence-electron chi connectivity index (χ1n) is 9.98. The van der Waals surface area contributed by atoms with E-state index in [4.69, 9.17) is 0 Å². The molecule has 0 atom stereocenters. The van der Waals surface area contributed by atoms with E-state index in [1.807, 2.05) is 48.7 Å². The quantitative estimate of drug-likeness (QED) is 0.676. The maximum atomic E-state index is 12.6. The van der Waals surface area contributed by atoms with Gasteiger partial charge in [-0.2, -0.15) is 5.10 Å². The van der Waals surface area contributed by atoms with Gasteiger partial charge in [0.1, 0.15) is 0 Å². The molecule has 0 aliphatic heterocycles. The number of para-hydroxylation sites is 1. The number of benzene rings is 2. The van der Waals surface area contributed by atoms with E-state index in [2.05, 4.69) is 15.7 Å². The Hall–Kier alpha value is -3.41. The molecule has 4 rings (SSSR count). The molecule has 1 aliphatic carbocycles. The largest absolute Gasteiger partial charge is 0.349 e. The average molecular weight is 388 g/mol. The molecule has 1 saturated carbocycles. The van der Waals surface area contributed by atoms with E-state index in [1.54, 1.807) is 23.0 Å². The average Bonchev–Trinajstić information content (AvgIpc) is 3.43. The summed E-state index contributed by atoms with van der Waals surface area (Å²) in [6.45, 7) is 0. The summed E-state index contributed by atoms with van der Waals surface area (Å²) >= 11 is 0. The first-order chi connectivity index (χ1) is 14.2. The van der Waals surface area contributed by atoms with Crippen molar-refractivity contribution >= 4 is 17.5 Å². The summed E-state index contributed by atoms with van der Waals surface area (Å²) in [6, 6.07) is 16.9. The fraction of sp³-hybridized carbons (Fsp3) is 0.261. The summed E-state index contributed by atoms with van der Waals surface area (Å²) in [5.41, 5.74) is 2.88. The van der Waals surface area contributed by atoms with Gasteiger partial charge in [-0.3, -0.25) is 9.59 Å². The molecule has 0 bridgehead atoms. The van der Waals surface area contributed by atoms with Crippen LogP contribution in [0.1, 0.15) is 41.6 Å². The number of nitrogens with zero attached hydrogens (tertiary/aromatic N) is 2. The normalized spacial score (nSPS) is 13.9. The van der Waals surface area contributed by atoms with Crippen molar-refractivity contribution in [1.29, 1.82) is 0 Å². The van der Waals surface area contributed by atoms with Crippen molar-refractivity contribution in [3.05, 3.63) is 78.1 Å². The van der Waals surface area contributed by atoms with Crippen molar-refractivity contribution in [2.75, 3.05) is 5.32 Å². The lowest BCUT2D eigenvalue weighted by molar-refractivity contribution is -0.115. The monoisotopic (exact) mass is 388 g/mol. The van der Waals surface area contributed by atoms with Crippen LogP contribution in [0.15, 0.2) is 67.0 Å². The second-order valence-electron chi connectivity index (χ2n) is 7.34. The summed E-state index contributed by atoms with van der Waals surface area (Å²) < 4.78 is 1.77. The van der Waals surface area contributed by atoms with Gasteiger partial charge in [0.05, 0.1) is 23.4 Å². The first kappa shape index (κ1) is 18.9. The fourth-order valence-corrected chi connectivity index (χ4v) is 3.69. The number of hydrogen-bond donors (Lipinski definition) is 2. The number of hydrogen-bond acceptors (Lipinski definition) is 3. The van der Waals surface area contributed by atoms with E-state index in [-0.39, 0.29) is 24.3 Å². The third-order valence-electron chi connectivity index (χ3n) is 5.21. The van der Waals surface area contributed by atoms with E-state index in [9.17, 15) is 9.59 Å². The second-order valence-corrected chi connectivity index (χ2v) is 7.34. The lowest BCUT2D eigenvalue weighted by atomic mass is 10.1. The van der Waals surface area contributed by atoms with Crippen molar-refractivity contribution in [2.45, 2.75) is 38.1 Å². The van der Waals surface area contributed by atoms with Crippen LogP contribution in [0.2, 0.25) is 0 Å². The van der Waals surface area contributed by atoms with Crippen molar-refractivity contribution in [2.24, 2.45) is 0 Å². The predicted molar refractivity (Wildman–Crippen MR) is 112 cm³/mol. The van der Waals surface area contributed by atoms with Crippen LogP contribution in [-0.4, -0.2) is 27.6 Å². The lowest BCUT2D eigenvalue weighted by Gasteiger charge is -2.15. The molecule has 0 radical (unpaired) electrons. The molecule has 0 unspecified atom stereocenters. The minimum absolute atomic E-state index is 0.128. The van der Waals surface area contributed by atoms with Crippen molar-refractivity contribution in [3.8, 4) is 5.69 Å². The summed E-state index contributed by atoms with van der Waals surface area (Å²) in [5.74, 6) is -0.283. The van der Waals surface area contributed by atoms with Crippen molar-refractivity contribution in [3.63, 3.8) is 0 Å². The lowest BCUT2D eigenvalue weighted by Crippen LogP contribution is -2.33. The number of aromatic nitrogens is 2. The zero-order valence-corrected chi connectivity index (χ0v) is 16.2. The Balaban J connectivity index is 1.40. The van der Waals surface area contributed by atoms with Gasteiger partial charge in [0.25, 0.3) is 5.91 Å². The third kappa shape index (κ3) is 4.71. The molecule has 2 N–H and O–H groups in total. The molecule has 148 valence electrons. The Labute approximate surface area is 169 Å². The number of rotatable bonds is 6. The number of nitrogens with one attached hydrogen (secondary N) is 2. The van der Waals surface area contributed by atoms with Crippen LogP contribution in [0.3, 0.4) is 0 Å². The second kappa shape index (κ2) is 8.73. The van der Waals surface area contributed by atoms with Crippen LogP contribution in [0.5, 0.6) is 0 Å². The zero-order valence-electron chi connectivity index (χ0n) is 16.2. The highest BCUT2D eigenvalue weighted by atomic mass is 16.2. The van der Waals surface area contributed by atoms with Crippen LogP contribution in [0, 0.1) is 0 Å². The zero-order chi connectivity index (χ0) is 20.1. The standard InChI is InChI=1S/C23H24N4O2/c28-22(16-17-10-12-19(13-11-17)27-15-5-14-24-27)26-21-9-4-3-8-20(21)23(29)25-18-6-1-2-7-18/h3-5,8-15,18H,1-2,6-7,16H2,(H,25,29)(H,26,28). The molecule has 1 aliphatic rings. The smallest absolute Gasteiger partial charge is 0.253 e. The van der Waals surface area contributed by atoms with Gasteiger partial charge in [0.15, 0.2) is 0 Å². The van der Waals surface area contributed by atoms with Gasteiger partial charge in [-0.25, -0.2) is 4.68 Å². The van der Waals surface area contributed by atoms with E-state index < -0.39 is 0 Å². The maximum absolute atomic E-state index is 12.6. The Morgan fingerprint density at radius 3 is 2.48 bits per heavy atom. The van der Waals surface area contributed by atoms with Crippen molar-refractivity contribution < 1.29 is 9.59 Å². The molecule has 29 heavy (non-hydrogen) atoms. The minimum atomic E-state index is -0.155. The highest BCUT2D eigenvalue weighted by molar-refractivity contribution is 6.04. The van der Waals surface area contributed by atoms with E-state index in [1.165, 1.54) is 0 Å². The van der Waals surface area contributed by atoms with Crippen LogP contribution < -0.4 is 10.6 Å². The van der Waals surface area contributed by atoms with Crippen molar-refractivity contribution in [1.82, 2.24) is 15.1 Å². The molecule has 1 aromatic heterocycles. The Morgan fingerprint density at radius 2 is 1.76 bits per heavy atom. The maximum Gasteiger partial charge on any atom is 0.253 e. The van der Waals surface area contributed by atoms with Crippen LogP contribution >= 0.6 is 0 Å². The van der Waals surface area contributed by atoms with E-state index in [0.29, 0.717) is 11.3 Å². The highest BCUT2D eigenvalue weighted by Crippen LogP contribution is 2.20. The van der Waals surface area contributed by atoms with Gasteiger partial charge in [-0.1, -0.05) is 37.1 Å². The number of carbonyl (C=O) groups is 2. The Bertz CT molecular complexity index is 974. The van der Waals surface area contributed by atoms with Gasteiger partial charge in [0.2, 0.25) is 5.91 Å². The Kier molecular flexibility index (Phi) is 5.70. The van der Waals surface area contributed by atoms with Crippen LogP contribution in [0.25, 0.3) is 5.69 Å². The van der Waals surface area contributed by atoms with E-state index in [0.717, 1.165) is 36.9 Å². The molecule has 2 amide bonds. The number of anilines is 1. The highest BCUT2D eigenvalue weighted by Gasteiger charge is 2.20. The first-order valence-corrected chi connectivity index (χ1v) is 9.98. The molecule has 0 spiro atoms. The topological polar surface area (TPSA) is 76.0 Å². The summed E-state index contributed by atoms with van der Waals surface area (Å²) in [4.78, 5) is 25.2. The predicted octanol–water partition coefficient (Wildman–Crippen LogP) is 3.73. The van der Waals surface area contributed by atoms with Gasteiger partial charge >= 0.3 is 0 Å². The molecule has 0 saturated heterocycles. The Morgan fingerprint density at radius 1 is 1.00 bits per heavy atom. The SMILES string of the molecule is O=C(Cc1ccc(-n2cccn2)cc1)Nc1ccccc1C(=O)NC1CCCC1. The molecule has 1 heterocycles. The number of carbonyl (C=O) groups excluding carboxylic acids is 2. The van der Waals surface area contributed by atoms with Gasteiger partial charge in [-0.15, -0.1) is 0 Å². The molecule has 1 fully saturated rings. The molecule has 6 nitrogen and oxygen atoms in total. The fourth-order valence-electron chi connectivity index (χ4n) is 3.69. The van der Waals surface area contributed by atoms with Gasteiger partial charge < -0.3 is 10.6 Å². The summed E-state index contributed by atoms with van der Waals surface area (Å²) in [5, 5.41) is 10.2. The molecule has 6 heteroatoms. The molecule has 3 aromatic rings. The van der Waals surface area contributed by atoms with Crippen LogP contribution in [0.4, 0.5) is 5.69 Å². The summed E-state index contributed by atoms with van der Waals surface area (Å²) in [7, 11) is 0.